The van der Waals surface area contributed by atoms with Gasteiger partial charge in [-0.3, -0.25) is 19.2 Å². The molecule has 2 aromatic carbocycles. The molecule has 45 heavy (non-hydrogen) atoms. The molecule has 4 heterocycles. The average molecular weight is 634 g/mol. The van der Waals surface area contributed by atoms with Crippen molar-refractivity contribution in [2.24, 2.45) is 11.8 Å². The highest BCUT2D eigenvalue weighted by Gasteiger charge is 2.72. The fourth-order valence-corrected chi connectivity index (χ4v) is 7.11. The van der Waals surface area contributed by atoms with Crippen LogP contribution in [-0.2, 0) is 35.1 Å². The van der Waals surface area contributed by atoms with Crippen LogP contribution in [0.25, 0.3) is 0 Å². The Balaban J connectivity index is 1.46. The molecule has 2 aromatic rings. The topological polar surface area (TPSA) is 125 Å². The van der Waals surface area contributed by atoms with Gasteiger partial charge < -0.3 is 29.7 Å². The third-order valence-electron chi connectivity index (χ3n) is 9.03. The van der Waals surface area contributed by atoms with E-state index in [1.54, 1.807) is 60.4 Å². The summed E-state index contributed by atoms with van der Waals surface area (Å²) in [6.45, 7) is 1.59. The smallest absolute Gasteiger partial charge is 0.313 e. The van der Waals surface area contributed by atoms with E-state index in [0.29, 0.717) is 17.1 Å². The fraction of sp³-hybridized carbons (Fsp3) is 0.412. The van der Waals surface area contributed by atoms with Crippen LogP contribution >= 0.6 is 11.6 Å². The van der Waals surface area contributed by atoms with Crippen LogP contribution in [0.4, 0.5) is 5.69 Å². The third kappa shape index (κ3) is 5.78. The molecule has 0 saturated carbocycles. The second kappa shape index (κ2) is 12.8. The summed E-state index contributed by atoms with van der Waals surface area (Å²) in [6.07, 6.45) is 6.39. The molecule has 0 radical (unpaired) electrons. The second-order valence-corrected chi connectivity index (χ2v) is 12.4. The van der Waals surface area contributed by atoms with Crippen LogP contribution in [0.1, 0.15) is 25.3 Å². The number of ether oxygens (including phenoxy) is 2. The molecule has 0 unspecified atom stereocenters. The lowest BCUT2D eigenvalue weighted by molar-refractivity contribution is -0.159. The number of aliphatic hydroxyl groups excluding tert-OH is 1. The number of nitrogens with one attached hydrogen (secondary N) is 1. The van der Waals surface area contributed by atoms with Gasteiger partial charge in [-0.05, 0) is 49.6 Å². The molecule has 0 aliphatic carbocycles. The summed E-state index contributed by atoms with van der Waals surface area (Å²) in [6, 6.07) is 14.3. The summed E-state index contributed by atoms with van der Waals surface area (Å²) in [5.74, 6) is -3.83. The van der Waals surface area contributed by atoms with Gasteiger partial charge in [-0.2, -0.15) is 0 Å². The monoisotopic (exact) mass is 633 g/mol. The van der Waals surface area contributed by atoms with Crippen LogP contribution in [-0.4, -0.2) is 83.3 Å². The van der Waals surface area contributed by atoms with E-state index in [-0.39, 0.29) is 31.8 Å². The number of likely N-dealkylation sites (tertiary alicyclic amines) is 1. The zero-order valence-corrected chi connectivity index (χ0v) is 25.6. The molecule has 4 aliphatic heterocycles. The maximum atomic E-state index is 14.7. The summed E-state index contributed by atoms with van der Waals surface area (Å²) in [5.41, 5.74) is -0.0553. The minimum absolute atomic E-state index is 0.128. The van der Waals surface area contributed by atoms with E-state index < -0.39 is 66.1 Å². The molecule has 11 heteroatoms. The molecule has 7 atom stereocenters. The van der Waals surface area contributed by atoms with E-state index in [9.17, 15) is 24.3 Å². The van der Waals surface area contributed by atoms with E-state index in [1.807, 2.05) is 30.3 Å². The number of hydrogen-bond acceptors (Lipinski definition) is 7. The number of hydrogen-bond donors (Lipinski definition) is 2. The number of carbonyl (C=O) groups is 4. The minimum atomic E-state index is -1.52. The lowest BCUT2D eigenvalue weighted by atomic mass is 9.78. The van der Waals surface area contributed by atoms with Crippen molar-refractivity contribution in [2.75, 3.05) is 24.6 Å². The number of nitrogens with zero attached hydrogens (tertiary/aromatic N) is 2. The maximum absolute atomic E-state index is 14.7. The van der Waals surface area contributed by atoms with Crippen LogP contribution in [0, 0.1) is 11.8 Å². The second-order valence-electron chi connectivity index (χ2n) is 12.0. The highest BCUT2D eigenvalue weighted by atomic mass is 35.5. The largest absolute Gasteiger partial charge is 0.460 e. The number of benzene rings is 2. The molecule has 236 valence electrons. The number of fused-ring (bicyclic) bond motifs is 2. The highest BCUT2D eigenvalue weighted by Crippen LogP contribution is 2.54. The molecule has 6 rings (SSSR count). The van der Waals surface area contributed by atoms with Gasteiger partial charge in [-0.1, -0.05) is 66.2 Å². The van der Waals surface area contributed by atoms with Crippen molar-refractivity contribution in [1.82, 2.24) is 10.2 Å². The van der Waals surface area contributed by atoms with Gasteiger partial charge in [0.1, 0.15) is 23.7 Å². The van der Waals surface area contributed by atoms with Gasteiger partial charge in [0.25, 0.3) is 5.91 Å². The van der Waals surface area contributed by atoms with Crippen molar-refractivity contribution in [1.29, 1.82) is 0 Å². The molecule has 0 bridgehead atoms. The zero-order valence-electron chi connectivity index (χ0n) is 24.9. The average Bonchev–Trinajstić information content (AvgIpc) is 3.42. The quantitative estimate of drug-likeness (QED) is 0.383. The van der Waals surface area contributed by atoms with Crippen LogP contribution in [0.15, 0.2) is 78.9 Å². The van der Waals surface area contributed by atoms with E-state index >= 15 is 0 Å². The SMILES string of the molecule is C[C@@H]1CNC(=O)CC/C=C\[C@H]2O[C@]34C=CCN(c5ccc(Cl)cc5)C(=O)[C@H]3N([C@@H](CO)Cc3ccccc3)C(=O)[C@@H]4[C@H]2C(=O)O1. The summed E-state index contributed by atoms with van der Waals surface area (Å²) >= 11 is 6.14. The van der Waals surface area contributed by atoms with E-state index in [1.165, 1.54) is 4.90 Å². The molecular formula is C34H36ClN3O7. The summed E-state index contributed by atoms with van der Waals surface area (Å²) in [7, 11) is 0. The number of cyclic esters (lactones) is 1. The molecular weight excluding hydrogens is 598 g/mol. The van der Waals surface area contributed by atoms with Crippen molar-refractivity contribution in [3.63, 3.8) is 0 Å². The van der Waals surface area contributed by atoms with E-state index in [2.05, 4.69) is 5.32 Å². The number of allylic oxidation sites excluding steroid dienone is 1. The zero-order chi connectivity index (χ0) is 31.7. The van der Waals surface area contributed by atoms with Crippen LogP contribution in [0.3, 0.4) is 0 Å². The Morgan fingerprint density at radius 2 is 1.80 bits per heavy atom. The Morgan fingerprint density at radius 3 is 2.53 bits per heavy atom. The standard InChI is InChI=1S/C34H36ClN3O7/c1-21-19-36-27(40)11-6-5-10-26-28(33(43)44-21)29-31(41)38(25(20-39)18-22-8-3-2-4-9-22)30-32(42)37(17-7-16-34(29,30)45-26)24-14-12-23(35)13-15-24/h2-5,7-10,12-16,21,25-26,28-30,39H,6,11,17-20H2,1H3,(H,36,40)/b10-5-/t21-,25-,26-,28+,29+,30-,34+/m1/s1. The van der Waals surface area contributed by atoms with Crippen molar-refractivity contribution in [3.8, 4) is 0 Å². The van der Waals surface area contributed by atoms with Crippen LogP contribution < -0.4 is 10.2 Å². The molecule has 3 amide bonds. The normalized spacial score (nSPS) is 31.5. The molecule has 2 N–H and O–H groups in total. The van der Waals surface area contributed by atoms with Gasteiger partial charge in [0.2, 0.25) is 11.8 Å². The summed E-state index contributed by atoms with van der Waals surface area (Å²) in [5, 5.41) is 14.0. The molecule has 0 aromatic heterocycles. The summed E-state index contributed by atoms with van der Waals surface area (Å²) in [4.78, 5) is 58.5. The predicted octanol–water partition coefficient (Wildman–Crippen LogP) is 2.83. The number of halogens is 1. The third-order valence-corrected chi connectivity index (χ3v) is 9.28. The first-order valence-corrected chi connectivity index (χ1v) is 15.6. The molecule has 2 fully saturated rings. The molecule has 4 aliphatic rings. The van der Waals surface area contributed by atoms with Gasteiger partial charge in [0, 0.05) is 23.7 Å². The van der Waals surface area contributed by atoms with Crippen LogP contribution in [0.2, 0.25) is 5.02 Å². The van der Waals surface area contributed by atoms with Crippen molar-refractivity contribution in [3.05, 3.63) is 89.5 Å². The van der Waals surface area contributed by atoms with Crippen molar-refractivity contribution in [2.45, 2.75) is 56.1 Å². The first kappa shape index (κ1) is 31.0. The number of amides is 3. The van der Waals surface area contributed by atoms with Gasteiger partial charge in [0.05, 0.1) is 31.2 Å². The lowest BCUT2D eigenvalue weighted by Gasteiger charge is -2.38. The minimum Gasteiger partial charge on any atom is -0.460 e. The lowest BCUT2D eigenvalue weighted by Crippen LogP contribution is -2.58. The van der Waals surface area contributed by atoms with Gasteiger partial charge in [-0.15, -0.1) is 0 Å². The maximum Gasteiger partial charge on any atom is 0.313 e. The Labute approximate surface area is 266 Å². The fourth-order valence-electron chi connectivity index (χ4n) is 6.98. The Bertz CT molecular complexity index is 1510. The predicted molar refractivity (Wildman–Crippen MR) is 166 cm³/mol. The summed E-state index contributed by atoms with van der Waals surface area (Å²) < 4.78 is 12.5. The van der Waals surface area contributed by atoms with Gasteiger partial charge in [-0.25, -0.2) is 0 Å². The number of esters is 1. The first-order chi connectivity index (χ1) is 21.7. The van der Waals surface area contributed by atoms with Crippen molar-refractivity contribution >= 4 is 41.0 Å². The van der Waals surface area contributed by atoms with E-state index in [4.69, 9.17) is 21.1 Å². The Morgan fingerprint density at radius 1 is 1.04 bits per heavy atom. The highest BCUT2D eigenvalue weighted by molar-refractivity contribution is 6.30. The van der Waals surface area contributed by atoms with Gasteiger partial charge in [0.15, 0.2) is 0 Å². The molecule has 1 spiro atoms. The number of carbonyl (C=O) groups excluding carboxylic acids is 4. The van der Waals surface area contributed by atoms with Gasteiger partial charge >= 0.3 is 5.97 Å². The number of rotatable bonds is 5. The Kier molecular flexibility index (Phi) is 8.81. The number of aliphatic hydroxyl groups is 1. The van der Waals surface area contributed by atoms with Crippen LogP contribution in [0.5, 0.6) is 0 Å². The number of anilines is 1. The first-order valence-electron chi connectivity index (χ1n) is 15.3. The Hall–Kier alpha value is -3.99. The molecule has 10 nitrogen and oxygen atoms in total. The van der Waals surface area contributed by atoms with E-state index in [0.717, 1.165) is 5.56 Å². The molecule has 2 saturated heterocycles. The van der Waals surface area contributed by atoms with Crippen molar-refractivity contribution < 1.29 is 33.8 Å².